The van der Waals surface area contributed by atoms with Gasteiger partial charge in [-0.2, -0.15) is 0 Å². The highest BCUT2D eigenvalue weighted by Crippen LogP contribution is 2.48. The zero-order chi connectivity index (χ0) is 22.6. The Morgan fingerprint density at radius 1 is 1.03 bits per heavy atom. The molecule has 1 fully saturated rings. The van der Waals surface area contributed by atoms with Gasteiger partial charge in [-0.25, -0.2) is 17.9 Å². The first-order valence-corrected chi connectivity index (χ1v) is 11.8. The molecule has 1 heterocycles. The summed E-state index contributed by atoms with van der Waals surface area (Å²) < 4.78 is 29.0. The van der Waals surface area contributed by atoms with Crippen molar-refractivity contribution in [1.29, 1.82) is 0 Å². The Labute approximate surface area is 185 Å². The Morgan fingerprint density at radius 2 is 1.58 bits per heavy atom. The molecule has 2 aromatic carbocycles. The first-order valence-electron chi connectivity index (χ1n) is 9.52. The van der Waals surface area contributed by atoms with Gasteiger partial charge in [-0.05, 0) is 36.2 Å². The molecule has 1 aromatic heterocycles. The predicted molar refractivity (Wildman–Crippen MR) is 122 cm³/mol. The van der Waals surface area contributed by atoms with Crippen molar-refractivity contribution in [2.45, 2.75) is 29.0 Å². The normalized spacial score (nSPS) is 19.7. The Balaban J connectivity index is 0.000000628. The molecule has 0 radical (unpaired) electrons. The quantitative estimate of drug-likeness (QED) is 0.490. The number of thiophene rings is 1. The van der Waals surface area contributed by atoms with Crippen LogP contribution in [0.5, 0.6) is 0 Å². The number of para-hydroxylation sites is 1. The fourth-order valence-corrected chi connectivity index (χ4v) is 5.98. The average Bonchev–Trinajstić information content (AvgIpc) is 3.16. The lowest BCUT2D eigenvalue weighted by molar-refractivity contribution is 0.137. The minimum absolute atomic E-state index is 0.0673. The molecule has 0 unspecified atom stereocenters. The molecule has 31 heavy (non-hydrogen) atoms. The molecule has 3 aromatic rings. The van der Waals surface area contributed by atoms with Crippen LogP contribution in [0.15, 0.2) is 77.0 Å². The molecule has 0 aliphatic heterocycles. The summed E-state index contributed by atoms with van der Waals surface area (Å²) in [5.41, 5.74) is 2.07. The molecule has 1 aliphatic carbocycles. The summed E-state index contributed by atoms with van der Waals surface area (Å²) >= 11 is 1.28. The number of carbonyl (C=O) groups is 1. The molecule has 4 rings (SSSR count). The van der Waals surface area contributed by atoms with Crippen molar-refractivity contribution in [3.8, 4) is 0 Å². The molecular formula is C22H24N2O5S2. The highest BCUT2D eigenvalue weighted by molar-refractivity contribution is 7.91. The van der Waals surface area contributed by atoms with Gasteiger partial charge in [0.25, 0.3) is 0 Å². The van der Waals surface area contributed by atoms with E-state index >= 15 is 0 Å². The van der Waals surface area contributed by atoms with E-state index in [0.29, 0.717) is 4.21 Å². The van der Waals surface area contributed by atoms with Crippen LogP contribution in [0, 0.1) is 0 Å². The summed E-state index contributed by atoms with van der Waals surface area (Å²) in [5.74, 6) is 0. The standard InChI is InChI=1S/C21H22N2O2S2.CH2O3/c1-21(16-9-5-3-6-10-16)15-18(21)22-27(24,25)20-14-13-19(26-20)23(2)17-11-7-4-8-12-17;2-1(3)4/h3-14,18,22H,15H2,1-2H3;(H2,2,3,4)/t18-,21+;/m0./s1. The molecule has 7 nitrogen and oxygen atoms in total. The van der Waals surface area contributed by atoms with E-state index < -0.39 is 16.2 Å². The second-order valence-corrected chi connectivity index (χ2v) is 10.4. The van der Waals surface area contributed by atoms with Gasteiger partial charge in [-0.1, -0.05) is 55.5 Å². The van der Waals surface area contributed by atoms with Crippen LogP contribution in [0.2, 0.25) is 0 Å². The van der Waals surface area contributed by atoms with Gasteiger partial charge < -0.3 is 15.1 Å². The van der Waals surface area contributed by atoms with Crippen molar-refractivity contribution in [3.05, 3.63) is 78.4 Å². The van der Waals surface area contributed by atoms with E-state index in [1.165, 1.54) is 16.9 Å². The second kappa shape index (κ2) is 9.09. The smallest absolute Gasteiger partial charge is 0.450 e. The van der Waals surface area contributed by atoms with E-state index in [1.807, 2.05) is 66.5 Å². The summed E-state index contributed by atoms with van der Waals surface area (Å²) in [5, 5.41) is 14.8. The van der Waals surface area contributed by atoms with Gasteiger partial charge in [0.05, 0.1) is 5.00 Å². The van der Waals surface area contributed by atoms with Gasteiger partial charge in [0.2, 0.25) is 10.0 Å². The minimum atomic E-state index is -3.53. The number of nitrogens with zero attached hydrogens (tertiary/aromatic N) is 1. The van der Waals surface area contributed by atoms with E-state index in [9.17, 15) is 8.42 Å². The molecule has 0 bridgehead atoms. The van der Waals surface area contributed by atoms with Crippen molar-refractivity contribution in [2.75, 3.05) is 11.9 Å². The topological polar surface area (TPSA) is 107 Å². The van der Waals surface area contributed by atoms with E-state index in [2.05, 4.69) is 23.8 Å². The van der Waals surface area contributed by atoms with E-state index in [1.54, 1.807) is 6.07 Å². The molecule has 0 spiro atoms. The van der Waals surface area contributed by atoms with Crippen LogP contribution in [0.4, 0.5) is 15.5 Å². The number of rotatable bonds is 6. The molecule has 1 saturated carbocycles. The number of benzene rings is 2. The molecule has 1 aliphatic rings. The number of hydrogen-bond acceptors (Lipinski definition) is 5. The van der Waals surface area contributed by atoms with Crippen molar-refractivity contribution in [3.63, 3.8) is 0 Å². The molecule has 0 amide bonds. The Morgan fingerprint density at radius 3 is 2.16 bits per heavy atom. The molecule has 0 saturated heterocycles. The maximum Gasteiger partial charge on any atom is 0.503 e. The van der Waals surface area contributed by atoms with Crippen molar-refractivity contribution in [2.24, 2.45) is 0 Å². The minimum Gasteiger partial charge on any atom is -0.450 e. The molecule has 3 N–H and O–H groups in total. The van der Waals surface area contributed by atoms with Crippen molar-refractivity contribution in [1.82, 2.24) is 4.72 Å². The summed E-state index contributed by atoms with van der Waals surface area (Å²) in [4.78, 5) is 10.6. The highest BCUT2D eigenvalue weighted by Gasteiger charge is 2.53. The fourth-order valence-electron chi connectivity index (χ4n) is 3.33. The van der Waals surface area contributed by atoms with Crippen LogP contribution >= 0.6 is 11.3 Å². The van der Waals surface area contributed by atoms with Crippen LogP contribution in [0.3, 0.4) is 0 Å². The Hall–Kier alpha value is -2.88. The largest absolute Gasteiger partial charge is 0.503 e. The SMILES string of the molecule is CN(c1ccccc1)c1ccc(S(=O)(=O)N[C@H]2C[C@]2(C)c2ccccc2)s1.O=C(O)O. The zero-order valence-corrected chi connectivity index (χ0v) is 18.7. The van der Waals surface area contributed by atoms with Crippen LogP contribution in [-0.2, 0) is 15.4 Å². The maximum atomic E-state index is 12.9. The third-order valence-corrected chi connectivity index (χ3v) is 8.40. The lowest BCUT2D eigenvalue weighted by Gasteiger charge is -2.16. The first-order chi connectivity index (χ1) is 14.6. The van der Waals surface area contributed by atoms with Gasteiger partial charge in [-0.15, -0.1) is 11.3 Å². The lowest BCUT2D eigenvalue weighted by atomic mass is 9.98. The molecule has 2 atom stereocenters. The van der Waals surface area contributed by atoms with Crippen molar-refractivity contribution >= 4 is 38.2 Å². The summed E-state index contributed by atoms with van der Waals surface area (Å²) in [6.07, 6.45) is -1.02. The van der Waals surface area contributed by atoms with E-state index in [-0.39, 0.29) is 11.5 Å². The first kappa shape index (κ1) is 22.8. The van der Waals surface area contributed by atoms with Gasteiger partial charge in [0.15, 0.2) is 0 Å². The van der Waals surface area contributed by atoms with Crippen LogP contribution in [0.25, 0.3) is 0 Å². The van der Waals surface area contributed by atoms with E-state index in [4.69, 9.17) is 15.0 Å². The zero-order valence-electron chi connectivity index (χ0n) is 17.1. The predicted octanol–water partition coefficient (Wildman–Crippen LogP) is 4.75. The maximum absolute atomic E-state index is 12.9. The molecular weight excluding hydrogens is 436 g/mol. The number of nitrogens with one attached hydrogen (secondary N) is 1. The molecule has 9 heteroatoms. The second-order valence-electron chi connectivity index (χ2n) is 7.43. The summed E-state index contributed by atoms with van der Waals surface area (Å²) in [6, 6.07) is 23.5. The van der Waals surface area contributed by atoms with E-state index in [0.717, 1.165) is 17.1 Å². The highest BCUT2D eigenvalue weighted by atomic mass is 32.2. The Kier molecular flexibility index (Phi) is 6.68. The third-order valence-electron chi connectivity index (χ3n) is 5.27. The lowest BCUT2D eigenvalue weighted by Crippen LogP contribution is -2.29. The number of anilines is 2. The summed E-state index contributed by atoms with van der Waals surface area (Å²) in [6.45, 7) is 2.11. The fraction of sp³-hybridized carbons (Fsp3) is 0.227. The molecule has 164 valence electrons. The van der Waals surface area contributed by atoms with Gasteiger partial charge in [0.1, 0.15) is 4.21 Å². The third kappa shape index (κ3) is 5.43. The number of carboxylic acid groups (broad SMARTS) is 2. The van der Waals surface area contributed by atoms with Crippen LogP contribution in [-0.4, -0.2) is 37.9 Å². The summed E-state index contributed by atoms with van der Waals surface area (Å²) in [7, 11) is -1.59. The average molecular weight is 461 g/mol. The van der Waals surface area contributed by atoms with Gasteiger partial charge >= 0.3 is 6.16 Å². The monoisotopic (exact) mass is 460 g/mol. The number of hydrogen-bond donors (Lipinski definition) is 3. The van der Waals surface area contributed by atoms with Crippen LogP contribution < -0.4 is 9.62 Å². The van der Waals surface area contributed by atoms with Crippen molar-refractivity contribution < 1.29 is 23.4 Å². The number of sulfonamides is 1. The van der Waals surface area contributed by atoms with Gasteiger partial charge in [0, 0.05) is 24.2 Å². The Bertz CT molecular complexity index is 1130. The van der Waals surface area contributed by atoms with Crippen LogP contribution in [0.1, 0.15) is 18.9 Å². The van der Waals surface area contributed by atoms with Gasteiger partial charge in [-0.3, -0.25) is 0 Å².